The molecule has 0 aromatic rings. The summed E-state index contributed by atoms with van der Waals surface area (Å²) in [6.45, 7) is -1.18. The molecule has 2 rings (SSSR count). The minimum Gasteiger partial charge on any atom is -0.394 e. The summed E-state index contributed by atoms with van der Waals surface area (Å²) in [6, 6.07) is 0. The summed E-state index contributed by atoms with van der Waals surface area (Å²) < 4.78 is 20.6. The number of hydrogen-bond donors (Lipinski definition) is 7. The predicted molar refractivity (Wildman–Crippen MR) is 73.4 cm³/mol. The van der Waals surface area contributed by atoms with Gasteiger partial charge in [-0.25, -0.2) is 0 Å². The summed E-state index contributed by atoms with van der Waals surface area (Å²) in [7, 11) is 1.27. The largest absolute Gasteiger partial charge is 0.394 e. The van der Waals surface area contributed by atoms with Gasteiger partial charge in [-0.05, 0) is 0 Å². The van der Waals surface area contributed by atoms with Gasteiger partial charge in [0, 0.05) is 7.11 Å². The third-order valence-corrected chi connectivity index (χ3v) is 4.22. The lowest BCUT2D eigenvalue weighted by Gasteiger charge is -2.45. The molecule has 0 aromatic heterocycles. The standard InChI is InChI=1S/C13H24O11/c1-21-10-4(2-14)23-13(9(19)7(10)17)24-11-5(3-15)22-12(20)8(18)6(11)16/h4-20H,2-3H2,1H3/t4?,5?,6?,7?,8?,9?,10-,11-,12-,13+/m1/s1. The average molecular weight is 356 g/mol. The summed E-state index contributed by atoms with van der Waals surface area (Å²) in [5, 5.41) is 67.8. The molecule has 24 heavy (non-hydrogen) atoms. The van der Waals surface area contributed by atoms with Crippen molar-refractivity contribution >= 4 is 0 Å². The fourth-order valence-corrected chi connectivity index (χ4v) is 2.85. The average Bonchev–Trinajstić information content (AvgIpc) is 2.58. The Bertz CT molecular complexity index is 392. The van der Waals surface area contributed by atoms with Crippen LogP contribution in [0.25, 0.3) is 0 Å². The van der Waals surface area contributed by atoms with Crippen molar-refractivity contribution in [2.75, 3.05) is 20.3 Å². The van der Waals surface area contributed by atoms with Crippen molar-refractivity contribution < 1.29 is 54.7 Å². The Kier molecular flexibility index (Phi) is 6.87. The molecule has 2 aliphatic rings. The van der Waals surface area contributed by atoms with Gasteiger partial charge in [0.1, 0.15) is 48.8 Å². The molecule has 2 fully saturated rings. The Morgan fingerprint density at radius 1 is 0.750 bits per heavy atom. The molecular weight excluding hydrogens is 332 g/mol. The van der Waals surface area contributed by atoms with Crippen LogP contribution in [-0.2, 0) is 18.9 Å². The first-order valence-electron chi connectivity index (χ1n) is 7.46. The van der Waals surface area contributed by atoms with Gasteiger partial charge in [0.15, 0.2) is 12.6 Å². The molecule has 142 valence electrons. The van der Waals surface area contributed by atoms with E-state index in [9.17, 15) is 35.7 Å². The Hall–Kier alpha value is -0.440. The Balaban J connectivity index is 2.12. The first kappa shape index (κ1) is 19.9. The highest BCUT2D eigenvalue weighted by molar-refractivity contribution is 4.94. The smallest absolute Gasteiger partial charge is 0.187 e. The number of ether oxygens (including phenoxy) is 4. The number of hydrogen-bond acceptors (Lipinski definition) is 11. The van der Waals surface area contributed by atoms with Crippen LogP contribution in [0.5, 0.6) is 0 Å². The molecule has 10 atom stereocenters. The van der Waals surface area contributed by atoms with E-state index in [-0.39, 0.29) is 0 Å². The van der Waals surface area contributed by atoms with Crippen LogP contribution in [0.2, 0.25) is 0 Å². The van der Waals surface area contributed by atoms with E-state index in [1.807, 2.05) is 0 Å². The predicted octanol–water partition coefficient (Wildman–Crippen LogP) is -4.74. The third kappa shape index (κ3) is 3.71. The van der Waals surface area contributed by atoms with E-state index >= 15 is 0 Å². The zero-order valence-corrected chi connectivity index (χ0v) is 13.0. The minimum atomic E-state index is -1.72. The van der Waals surface area contributed by atoms with E-state index in [1.165, 1.54) is 7.11 Å². The van der Waals surface area contributed by atoms with Gasteiger partial charge >= 0.3 is 0 Å². The molecule has 0 saturated carbocycles. The van der Waals surface area contributed by atoms with Crippen LogP contribution >= 0.6 is 0 Å². The van der Waals surface area contributed by atoms with E-state index in [0.717, 1.165) is 0 Å². The van der Waals surface area contributed by atoms with Crippen LogP contribution in [0.1, 0.15) is 0 Å². The Morgan fingerprint density at radius 2 is 1.29 bits per heavy atom. The molecule has 2 heterocycles. The summed E-state index contributed by atoms with van der Waals surface area (Å²) in [5.41, 5.74) is 0. The highest BCUT2D eigenvalue weighted by atomic mass is 16.7. The molecular formula is C13H24O11. The molecule has 0 aliphatic carbocycles. The van der Waals surface area contributed by atoms with Gasteiger partial charge in [-0.1, -0.05) is 0 Å². The maximum Gasteiger partial charge on any atom is 0.187 e. The van der Waals surface area contributed by atoms with E-state index in [1.54, 1.807) is 0 Å². The molecule has 0 bridgehead atoms. The number of rotatable bonds is 5. The lowest BCUT2D eigenvalue weighted by Crippen LogP contribution is -2.64. The van der Waals surface area contributed by atoms with Crippen molar-refractivity contribution in [3.05, 3.63) is 0 Å². The molecule has 0 spiro atoms. The third-order valence-electron chi connectivity index (χ3n) is 4.22. The van der Waals surface area contributed by atoms with Crippen LogP contribution in [0.15, 0.2) is 0 Å². The lowest BCUT2D eigenvalue weighted by molar-refractivity contribution is -0.356. The van der Waals surface area contributed by atoms with Crippen molar-refractivity contribution in [1.29, 1.82) is 0 Å². The highest BCUT2D eigenvalue weighted by Gasteiger charge is 2.50. The van der Waals surface area contributed by atoms with E-state index in [2.05, 4.69) is 0 Å². The summed E-state index contributed by atoms with van der Waals surface area (Å²) in [5.74, 6) is 0. The normalized spacial score (nSPS) is 50.0. The molecule has 11 heteroatoms. The number of methoxy groups -OCH3 is 1. The van der Waals surface area contributed by atoms with Crippen LogP contribution in [0, 0.1) is 0 Å². The van der Waals surface area contributed by atoms with Crippen LogP contribution in [0.3, 0.4) is 0 Å². The van der Waals surface area contributed by atoms with Gasteiger partial charge < -0.3 is 54.7 Å². The van der Waals surface area contributed by atoms with Crippen molar-refractivity contribution in [3.63, 3.8) is 0 Å². The van der Waals surface area contributed by atoms with Crippen molar-refractivity contribution in [2.24, 2.45) is 0 Å². The van der Waals surface area contributed by atoms with E-state index < -0.39 is 74.6 Å². The number of aliphatic hydroxyl groups excluding tert-OH is 7. The maximum atomic E-state index is 10.1. The Morgan fingerprint density at radius 3 is 1.83 bits per heavy atom. The molecule has 0 amide bonds. The van der Waals surface area contributed by atoms with Gasteiger partial charge in [-0.2, -0.15) is 0 Å². The second kappa shape index (κ2) is 8.29. The highest BCUT2D eigenvalue weighted by Crippen LogP contribution is 2.29. The van der Waals surface area contributed by atoms with Gasteiger partial charge in [0.2, 0.25) is 0 Å². The van der Waals surface area contributed by atoms with Crippen LogP contribution in [0.4, 0.5) is 0 Å². The molecule has 0 aromatic carbocycles. The van der Waals surface area contributed by atoms with Crippen LogP contribution < -0.4 is 0 Å². The summed E-state index contributed by atoms with van der Waals surface area (Å²) >= 11 is 0. The first-order chi connectivity index (χ1) is 11.3. The van der Waals surface area contributed by atoms with Crippen LogP contribution in [-0.4, -0.2) is 117 Å². The topological polar surface area (TPSA) is 179 Å². The molecule has 0 radical (unpaired) electrons. The van der Waals surface area contributed by atoms with Gasteiger partial charge in [-0.15, -0.1) is 0 Å². The van der Waals surface area contributed by atoms with Gasteiger partial charge in [-0.3, -0.25) is 0 Å². The second-order valence-corrected chi connectivity index (χ2v) is 5.74. The SMILES string of the molecule is CO[C@@H]1C(CO)O[C@@H](O[C@@H]2C(CO)O[C@@H](O)C(O)C2O)C(O)C1O. The van der Waals surface area contributed by atoms with Gasteiger partial charge in [0.05, 0.1) is 13.2 Å². The van der Waals surface area contributed by atoms with Gasteiger partial charge in [0.25, 0.3) is 0 Å². The fourth-order valence-electron chi connectivity index (χ4n) is 2.85. The maximum absolute atomic E-state index is 10.1. The molecule has 2 saturated heterocycles. The fraction of sp³-hybridized carbons (Fsp3) is 1.00. The van der Waals surface area contributed by atoms with Crippen molar-refractivity contribution in [3.8, 4) is 0 Å². The Labute approximate surface area is 137 Å². The molecule has 6 unspecified atom stereocenters. The zero-order valence-electron chi connectivity index (χ0n) is 13.0. The second-order valence-electron chi connectivity index (χ2n) is 5.74. The van der Waals surface area contributed by atoms with E-state index in [4.69, 9.17) is 18.9 Å². The summed E-state index contributed by atoms with van der Waals surface area (Å²) in [4.78, 5) is 0. The lowest BCUT2D eigenvalue weighted by atomic mass is 9.97. The van der Waals surface area contributed by atoms with Crippen molar-refractivity contribution in [1.82, 2.24) is 0 Å². The summed E-state index contributed by atoms with van der Waals surface area (Å²) in [6.07, 6.45) is -14.2. The first-order valence-corrected chi connectivity index (χ1v) is 7.46. The van der Waals surface area contributed by atoms with E-state index in [0.29, 0.717) is 0 Å². The minimum absolute atomic E-state index is 0.531. The molecule has 2 aliphatic heterocycles. The van der Waals surface area contributed by atoms with Crippen molar-refractivity contribution in [2.45, 2.75) is 61.4 Å². The zero-order chi connectivity index (χ0) is 18.0. The monoisotopic (exact) mass is 356 g/mol. The molecule has 7 N–H and O–H groups in total. The number of aliphatic hydroxyl groups is 7. The quantitative estimate of drug-likeness (QED) is 0.251. The molecule has 11 nitrogen and oxygen atoms in total.